The number of amides is 1. The van der Waals surface area contributed by atoms with Crippen molar-refractivity contribution in [3.05, 3.63) is 29.6 Å². The molecule has 0 aliphatic heterocycles. The molecule has 1 amide bonds. The predicted octanol–water partition coefficient (Wildman–Crippen LogP) is 0.826. The van der Waals surface area contributed by atoms with E-state index < -0.39 is 0 Å². The molecule has 0 aliphatic carbocycles. The molecular weight excluding hydrogens is 256 g/mol. The first-order chi connectivity index (χ1) is 9.58. The summed E-state index contributed by atoms with van der Waals surface area (Å²) in [6.45, 7) is 4.28. The van der Waals surface area contributed by atoms with Crippen molar-refractivity contribution in [2.24, 2.45) is 5.92 Å². The number of nitrogens with one attached hydrogen (secondary N) is 1. The van der Waals surface area contributed by atoms with Gasteiger partial charge in [0.1, 0.15) is 6.61 Å². The highest BCUT2D eigenvalue weighted by molar-refractivity contribution is 5.94. The van der Waals surface area contributed by atoms with Crippen molar-refractivity contribution in [1.29, 1.82) is 0 Å². The lowest BCUT2D eigenvalue weighted by Crippen LogP contribution is -2.41. The third kappa shape index (κ3) is 5.00. The van der Waals surface area contributed by atoms with E-state index in [0.29, 0.717) is 17.7 Å². The topological polar surface area (TPSA) is 71.5 Å². The van der Waals surface area contributed by atoms with Crippen LogP contribution in [0.3, 0.4) is 0 Å². The minimum absolute atomic E-state index is 0.0558. The molecule has 1 aromatic rings. The summed E-state index contributed by atoms with van der Waals surface area (Å²) in [6, 6.07) is 1.59. The summed E-state index contributed by atoms with van der Waals surface area (Å²) in [6.07, 6.45) is 3.04. The Morgan fingerprint density at radius 1 is 1.50 bits per heavy atom. The standard InChI is InChI=1S/C15H20N2O3/c1-11(2)14(10-20-3)17-15(19)13-7-12(5-4-6-18)8-16-9-13/h7-9,11,14,18H,6,10H2,1-3H3,(H,17,19). The second-order valence-corrected chi connectivity index (χ2v) is 4.70. The summed E-state index contributed by atoms with van der Waals surface area (Å²) in [5.74, 6) is 5.31. The molecule has 1 atom stereocenters. The summed E-state index contributed by atoms with van der Waals surface area (Å²) < 4.78 is 5.10. The normalized spacial score (nSPS) is 11.7. The molecular formula is C15H20N2O3. The molecule has 20 heavy (non-hydrogen) atoms. The van der Waals surface area contributed by atoms with Crippen LogP contribution in [0.15, 0.2) is 18.5 Å². The molecule has 0 saturated carbocycles. The smallest absolute Gasteiger partial charge is 0.253 e. The van der Waals surface area contributed by atoms with Crippen LogP contribution < -0.4 is 5.32 Å². The van der Waals surface area contributed by atoms with Gasteiger partial charge in [0, 0.05) is 25.1 Å². The molecule has 0 fully saturated rings. The molecule has 1 heterocycles. The zero-order chi connectivity index (χ0) is 15.0. The van der Waals surface area contributed by atoms with E-state index in [2.05, 4.69) is 22.1 Å². The van der Waals surface area contributed by atoms with Gasteiger partial charge in [-0.1, -0.05) is 25.7 Å². The van der Waals surface area contributed by atoms with E-state index in [1.165, 1.54) is 6.20 Å². The van der Waals surface area contributed by atoms with Crippen molar-refractivity contribution < 1.29 is 14.6 Å². The number of aromatic nitrogens is 1. The molecule has 5 nitrogen and oxygen atoms in total. The number of nitrogens with zero attached hydrogens (tertiary/aromatic N) is 1. The van der Waals surface area contributed by atoms with Gasteiger partial charge in [-0.2, -0.15) is 0 Å². The van der Waals surface area contributed by atoms with Gasteiger partial charge in [-0.05, 0) is 12.0 Å². The molecule has 108 valence electrons. The molecule has 5 heteroatoms. The minimum Gasteiger partial charge on any atom is -0.384 e. The maximum absolute atomic E-state index is 12.2. The van der Waals surface area contributed by atoms with E-state index in [4.69, 9.17) is 9.84 Å². The van der Waals surface area contributed by atoms with Gasteiger partial charge >= 0.3 is 0 Å². The minimum atomic E-state index is -0.223. The Labute approximate surface area is 119 Å². The number of carbonyl (C=O) groups is 1. The molecule has 0 radical (unpaired) electrons. The Morgan fingerprint density at radius 3 is 2.85 bits per heavy atom. The Kier molecular flexibility index (Phi) is 6.71. The van der Waals surface area contributed by atoms with E-state index in [1.54, 1.807) is 19.4 Å². The van der Waals surface area contributed by atoms with E-state index in [1.807, 2.05) is 13.8 Å². The molecule has 0 aromatic carbocycles. The van der Waals surface area contributed by atoms with Gasteiger partial charge in [0.25, 0.3) is 5.91 Å². The highest BCUT2D eigenvalue weighted by atomic mass is 16.5. The monoisotopic (exact) mass is 276 g/mol. The zero-order valence-electron chi connectivity index (χ0n) is 12.0. The van der Waals surface area contributed by atoms with Crippen LogP contribution >= 0.6 is 0 Å². The van der Waals surface area contributed by atoms with Gasteiger partial charge < -0.3 is 15.2 Å². The van der Waals surface area contributed by atoms with Crippen LogP contribution in [0.2, 0.25) is 0 Å². The van der Waals surface area contributed by atoms with E-state index in [-0.39, 0.29) is 24.5 Å². The summed E-state index contributed by atoms with van der Waals surface area (Å²) in [4.78, 5) is 16.1. The molecule has 1 rings (SSSR count). The molecule has 0 bridgehead atoms. The first-order valence-electron chi connectivity index (χ1n) is 6.43. The fourth-order valence-corrected chi connectivity index (χ4v) is 1.61. The zero-order valence-corrected chi connectivity index (χ0v) is 12.0. The van der Waals surface area contributed by atoms with Crippen molar-refractivity contribution in [3.63, 3.8) is 0 Å². The average Bonchev–Trinajstić information content (AvgIpc) is 2.44. The van der Waals surface area contributed by atoms with Crippen LogP contribution in [-0.4, -0.2) is 42.4 Å². The van der Waals surface area contributed by atoms with Crippen LogP contribution in [0.1, 0.15) is 29.8 Å². The molecule has 0 spiro atoms. The molecule has 0 aliphatic rings. The fourth-order valence-electron chi connectivity index (χ4n) is 1.61. The maximum atomic E-state index is 12.2. The van der Waals surface area contributed by atoms with Crippen molar-refractivity contribution >= 4 is 5.91 Å². The van der Waals surface area contributed by atoms with Crippen LogP contribution in [-0.2, 0) is 4.74 Å². The molecule has 0 saturated heterocycles. The summed E-state index contributed by atoms with van der Waals surface area (Å²) >= 11 is 0. The maximum Gasteiger partial charge on any atom is 0.253 e. The third-order valence-electron chi connectivity index (χ3n) is 2.78. The number of ether oxygens (including phenoxy) is 1. The van der Waals surface area contributed by atoms with Gasteiger partial charge in [0.2, 0.25) is 0 Å². The quantitative estimate of drug-likeness (QED) is 0.781. The second-order valence-electron chi connectivity index (χ2n) is 4.70. The van der Waals surface area contributed by atoms with Gasteiger partial charge in [-0.15, -0.1) is 0 Å². The molecule has 1 unspecified atom stereocenters. The number of pyridine rings is 1. The van der Waals surface area contributed by atoms with Crippen LogP contribution in [0, 0.1) is 17.8 Å². The number of hydrogen-bond donors (Lipinski definition) is 2. The Bertz CT molecular complexity index is 503. The van der Waals surface area contributed by atoms with E-state index >= 15 is 0 Å². The molecule has 2 N–H and O–H groups in total. The third-order valence-corrected chi connectivity index (χ3v) is 2.78. The Morgan fingerprint density at radius 2 is 2.25 bits per heavy atom. The van der Waals surface area contributed by atoms with E-state index in [9.17, 15) is 4.79 Å². The number of methoxy groups -OCH3 is 1. The van der Waals surface area contributed by atoms with Gasteiger partial charge in [0.15, 0.2) is 0 Å². The summed E-state index contributed by atoms with van der Waals surface area (Å²) in [7, 11) is 1.61. The first kappa shape index (κ1) is 16.2. The number of aliphatic hydroxyl groups excluding tert-OH is 1. The second kappa shape index (κ2) is 8.31. The largest absolute Gasteiger partial charge is 0.384 e. The van der Waals surface area contributed by atoms with Crippen molar-refractivity contribution in [2.45, 2.75) is 19.9 Å². The van der Waals surface area contributed by atoms with Gasteiger partial charge in [0.05, 0.1) is 18.2 Å². The lowest BCUT2D eigenvalue weighted by atomic mass is 10.0. The fraction of sp³-hybridized carbons (Fsp3) is 0.467. The molecule has 1 aromatic heterocycles. The summed E-state index contributed by atoms with van der Waals surface area (Å²) in [5.41, 5.74) is 1.04. The number of aliphatic hydroxyl groups is 1. The highest BCUT2D eigenvalue weighted by Crippen LogP contribution is 2.06. The van der Waals surface area contributed by atoms with Crippen LogP contribution in [0.4, 0.5) is 0 Å². The Balaban J connectivity index is 2.81. The van der Waals surface area contributed by atoms with Crippen molar-refractivity contribution in [2.75, 3.05) is 20.3 Å². The summed E-state index contributed by atoms with van der Waals surface area (Å²) in [5, 5.41) is 11.6. The van der Waals surface area contributed by atoms with Crippen molar-refractivity contribution in [1.82, 2.24) is 10.3 Å². The average molecular weight is 276 g/mol. The lowest BCUT2D eigenvalue weighted by Gasteiger charge is -2.21. The number of hydrogen-bond acceptors (Lipinski definition) is 4. The van der Waals surface area contributed by atoms with Gasteiger partial charge in [-0.25, -0.2) is 0 Å². The first-order valence-corrected chi connectivity index (χ1v) is 6.43. The SMILES string of the molecule is COCC(NC(=O)c1cncc(C#CCO)c1)C(C)C. The number of carbonyl (C=O) groups excluding carboxylic acids is 1. The van der Waals surface area contributed by atoms with Crippen molar-refractivity contribution in [3.8, 4) is 11.8 Å². The Hall–Kier alpha value is -1.90. The van der Waals surface area contributed by atoms with Crippen LogP contribution in [0.25, 0.3) is 0 Å². The van der Waals surface area contributed by atoms with Crippen LogP contribution in [0.5, 0.6) is 0 Å². The predicted molar refractivity (Wildman–Crippen MR) is 76.2 cm³/mol. The number of rotatable bonds is 5. The lowest BCUT2D eigenvalue weighted by molar-refractivity contribution is 0.0866. The highest BCUT2D eigenvalue weighted by Gasteiger charge is 2.17. The van der Waals surface area contributed by atoms with E-state index in [0.717, 1.165) is 0 Å². The van der Waals surface area contributed by atoms with Gasteiger partial charge in [-0.3, -0.25) is 9.78 Å².